The van der Waals surface area contributed by atoms with Crippen LogP contribution >= 0.6 is 11.3 Å². The van der Waals surface area contributed by atoms with Gasteiger partial charge >= 0.3 is 0 Å². The van der Waals surface area contributed by atoms with Crippen molar-refractivity contribution in [1.29, 1.82) is 0 Å². The van der Waals surface area contributed by atoms with Crippen molar-refractivity contribution < 1.29 is 9.47 Å². The second-order valence-electron chi connectivity index (χ2n) is 4.45. The minimum atomic E-state index is 0.534. The highest BCUT2D eigenvalue weighted by Crippen LogP contribution is 2.31. The lowest BCUT2D eigenvalue weighted by molar-refractivity contribution is 0.307. The standard InChI is InChI=1S/C16H15NO2S/c1-18-12-5-3-6-13(9-12)19-10-14-8-11-4-2-7-15(17)16(11)20-14/h2-9H,10,17H2,1H3. The van der Waals surface area contributed by atoms with Crippen molar-refractivity contribution in [3.8, 4) is 11.5 Å². The van der Waals surface area contributed by atoms with Crippen LogP contribution in [0.15, 0.2) is 48.5 Å². The lowest BCUT2D eigenvalue weighted by atomic mass is 10.2. The molecule has 20 heavy (non-hydrogen) atoms. The van der Waals surface area contributed by atoms with Gasteiger partial charge in [0.15, 0.2) is 0 Å². The van der Waals surface area contributed by atoms with Gasteiger partial charge < -0.3 is 15.2 Å². The number of hydrogen-bond donors (Lipinski definition) is 1. The van der Waals surface area contributed by atoms with Crippen molar-refractivity contribution in [2.75, 3.05) is 12.8 Å². The molecular weight excluding hydrogens is 270 g/mol. The number of fused-ring (bicyclic) bond motifs is 1. The van der Waals surface area contributed by atoms with Gasteiger partial charge in [-0.2, -0.15) is 0 Å². The van der Waals surface area contributed by atoms with Crippen molar-refractivity contribution in [2.45, 2.75) is 6.61 Å². The molecule has 0 bridgehead atoms. The summed E-state index contributed by atoms with van der Waals surface area (Å²) >= 11 is 1.67. The Balaban J connectivity index is 1.78. The maximum Gasteiger partial charge on any atom is 0.123 e. The third-order valence-electron chi connectivity index (χ3n) is 3.05. The highest BCUT2D eigenvalue weighted by molar-refractivity contribution is 7.19. The number of rotatable bonds is 4. The van der Waals surface area contributed by atoms with Crippen molar-refractivity contribution in [2.24, 2.45) is 0 Å². The maximum atomic E-state index is 5.97. The predicted octanol–water partition coefficient (Wildman–Crippen LogP) is 4.07. The molecule has 1 aromatic heterocycles. The van der Waals surface area contributed by atoms with E-state index >= 15 is 0 Å². The van der Waals surface area contributed by atoms with Gasteiger partial charge in [-0.1, -0.05) is 18.2 Å². The molecule has 3 nitrogen and oxygen atoms in total. The third-order valence-corrected chi connectivity index (χ3v) is 4.22. The first kappa shape index (κ1) is 12.8. The molecule has 0 amide bonds. The molecule has 0 unspecified atom stereocenters. The van der Waals surface area contributed by atoms with E-state index in [9.17, 15) is 0 Å². The monoisotopic (exact) mass is 285 g/mol. The third kappa shape index (κ3) is 2.56. The molecule has 2 N–H and O–H groups in total. The van der Waals surface area contributed by atoms with Crippen molar-refractivity contribution in [3.05, 3.63) is 53.4 Å². The Hall–Kier alpha value is -2.20. The molecule has 0 saturated carbocycles. The van der Waals surface area contributed by atoms with E-state index in [4.69, 9.17) is 15.2 Å². The van der Waals surface area contributed by atoms with E-state index < -0.39 is 0 Å². The molecule has 4 heteroatoms. The quantitative estimate of drug-likeness (QED) is 0.735. The summed E-state index contributed by atoms with van der Waals surface area (Å²) in [6.07, 6.45) is 0. The van der Waals surface area contributed by atoms with Crippen molar-refractivity contribution in [3.63, 3.8) is 0 Å². The van der Waals surface area contributed by atoms with E-state index in [1.807, 2.05) is 36.4 Å². The molecule has 0 spiro atoms. The van der Waals surface area contributed by atoms with E-state index in [0.29, 0.717) is 6.61 Å². The number of hydrogen-bond acceptors (Lipinski definition) is 4. The van der Waals surface area contributed by atoms with E-state index in [0.717, 1.165) is 26.8 Å². The summed E-state index contributed by atoms with van der Waals surface area (Å²) in [6.45, 7) is 0.534. The Labute approximate surface area is 121 Å². The summed E-state index contributed by atoms with van der Waals surface area (Å²) in [5.74, 6) is 1.60. The van der Waals surface area contributed by atoms with Crippen LogP contribution in [0.4, 0.5) is 5.69 Å². The Morgan fingerprint density at radius 3 is 2.65 bits per heavy atom. The van der Waals surface area contributed by atoms with E-state index in [2.05, 4.69) is 12.1 Å². The van der Waals surface area contributed by atoms with E-state index in [-0.39, 0.29) is 0 Å². The lowest BCUT2D eigenvalue weighted by Crippen LogP contribution is -1.93. The normalized spacial score (nSPS) is 10.7. The summed E-state index contributed by atoms with van der Waals surface area (Å²) in [7, 11) is 1.65. The van der Waals surface area contributed by atoms with Gasteiger partial charge in [0.2, 0.25) is 0 Å². The number of thiophene rings is 1. The fourth-order valence-corrected chi connectivity index (χ4v) is 3.05. The Morgan fingerprint density at radius 1 is 1.05 bits per heavy atom. The van der Waals surface area contributed by atoms with Crippen LogP contribution in [0.25, 0.3) is 10.1 Å². The molecule has 3 rings (SSSR count). The van der Waals surface area contributed by atoms with Gasteiger partial charge in [-0.15, -0.1) is 11.3 Å². The maximum absolute atomic E-state index is 5.97. The topological polar surface area (TPSA) is 44.5 Å². The summed E-state index contributed by atoms with van der Waals surface area (Å²) in [5, 5.41) is 1.17. The second kappa shape index (κ2) is 5.43. The number of benzene rings is 2. The van der Waals surface area contributed by atoms with Gasteiger partial charge in [0.25, 0.3) is 0 Å². The molecule has 3 aromatic rings. The zero-order chi connectivity index (χ0) is 13.9. The Morgan fingerprint density at radius 2 is 1.85 bits per heavy atom. The Kier molecular flexibility index (Phi) is 3.48. The number of ether oxygens (including phenoxy) is 2. The predicted molar refractivity (Wildman–Crippen MR) is 83.6 cm³/mol. The molecule has 102 valence electrons. The van der Waals surface area contributed by atoms with Gasteiger partial charge in [-0.3, -0.25) is 0 Å². The highest BCUT2D eigenvalue weighted by atomic mass is 32.1. The summed E-state index contributed by atoms with van der Waals surface area (Å²) in [6, 6.07) is 15.7. The van der Waals surface area contributed by atoms with Crippen molar-refractivity contribution in [1.82, 2.24) is 0 Å². The molecule has 0 aliphatic heterocycles. The number of anilines is 1. The van der Waals surface area contributed by atoms with Crippen LogP contribution in [0.1, 0.15) is 4.88 Å². The molecule has 0 atom stereocenters. The van der Waals surface area contributed by atoms with Crippen molar-refractivity contribution >= 4 is 27.1 Å². The average Bonchev–Trinajstić information content (AvgIpc) is 2.90. The van der Waals surface area contributed by atoms with Crippen LogP contribution in [0, 0.1) is 0 Å². The average molecular weight is 285 g/mol. The summed E-state index contributed by atoms with van der Waals surface area (Å²) in [4.78, 5) is 1.15. The smallest absolute Gasteiger partial charge is 0.123 e. The number of nitrogens with two attached hydrogens (primary N) is 1. The highest BCUT2D eigenvalue weighted by Gasteiger charge is 2.05. The van der Waals surface area contributed by atoms with E-state index in [1.54, 1.807) is 18.4 Å². The fourth-order valence-electron chi connectivity index (χ4n) is 2.06. The molecule has 2 aromatic carbocycles. The Bertz CT molecular complexity index is 736. The summed E-state index contributed by atoms with van der Waals surface area (Å²) in [5.41, 5.74) is 6.79. The first-order valence-corrected chi connectivity index (χ1v) is 7.11. The molecule has 0 fully saturated rings. The zero-order valence-electron chi connectivity index (χ0n) is 11.1. The van der Waals surface area contributed by atoms with Crippen LogP contribution in [0.2, 0.25) is 0 Å². The first-order chi connectivity index (χ1) is 9.76. The molecule has 0 aliphatic carbocycles. The van der Waals surface area contributed by atoms with Crippen LogP contribution in [-0.2, 0) is 6.61 Å². The minimum absolute atomic E-state index is 0.534. The van der Waals surface area contributed by atoms with Crippen LogP contribution < -0.4 is 15.2 Å². The number of methoxy groups -OCH3 is 1. The van der Waals surface area contributed by atoms with Crippen LogP contribution in [0.3, 0.4) is 0 Å². The molecule has 1 heterocycles. The van der Waals surface area contributed by atoms with Gasteiger partial charge in [-0.05, 0) is 29.7 Å². The molecule has 0 saturated heterocycles. The lowest BCUT2D eigenvalue weighted by Gasteiger charge is -2.06. The van der Waals surface area contributed by atoms with Gasteiger partial charge in [0, 0.05) is 16.6 Å². The largest absolute Gasteiger partial charge is 0.497 e. The van der Waals surface area contributed by atoms with Gasteiger partial charge in [0.05, 0.1) is 11.8 Å². The molecule has 0 radical (unpaired) electrons. The number of nitrogen functional groups attached to an aromatic ring is 1. The minimum Gasteiger partial charge on any atom is -0.497 e. The van der Waals surface area contributed by atoms with Gasteiger partial charge in [-0.25, -0.2) is 0 Å². The zero-order valence-corrected chi connectivity index (χ0v) is 11.9. The fraction of sp³-hybridized carbons (Fsp3) is 0.125. The second-order valence-corrected chi connectivity index (χ2v) is 5.58. The van der Waals surface area contributed by atoms with E-state index in [1.165, 1.54) is 5.39 Å². The summed E-state index contributed by atoms with van der Waals surface area (Å²) < 4.78 is 12.1. The van der Waals surface area contributed by atoms with Crippen LogP contribution in [0.5, 0.6) is 11.5 Å². The molecule has 0 aliphatic rings. The van der Waals surface area contributed by atoms with Crippen LogP contribution in [-0.4, -0.2) is 7.11 Å². The molecular formula is C16H15NO2S. The van der Waals surface area contributed by atoms with Gasteiger partial charge in [0.1, 0.15) is 18.1 Å². The first-order valence-electron chi connectivity index (χ1n) is 6.30. The SMILES string of the molecule is COc1cccc(OCc2cc3cccc(N)c3s2)c1.